The normalized spacial score (nSPS) is 10.9. The molecule has 0 fully saturated rings. The molecule has 0 radical (unpaired) electrons. The van der Waals surface area contributed by atoms with Gasteiger partial charge in [0.1, 0.15) is 4.88 Å². The number of esters is 1. The monoisotopic (exact) mass is 394 g/mol. The molecule has 0 aliphatic heterocycles. The van der Waals surface area contributed by atoms with Crippen LogP contribution >= 0.6 is 38.9 Å². The molecule has 3 rings (SSSR count). The van der Waals surface area contributed by atoms with E-state index in [1.807, 2.05) is 42.5 Å². The molecular weight excluding hydrogens is 384 g/mol. The van der Waals surface area contributed by atoms with Gasteiger partial charge < -0.3 is 4.74 Å². The fraction of sp³-hybridized carbons (Fsp3) is 0.118. The summed E-state index contributed by atoms with van der Waals surface area (Å²) in [7, 11) is 0. The maximum atomic E-state index is 12.3. The topological polar surface area (TPSA) is 26.3 Å². The Morgan fingerprint density at radius 2 is 2.09 bits per heavy atom. The number of ether oxygens (including phenoxy) is 1. The highest BCUT2D eigenvalue weighted by atomic mass is 79.9. The summed E-state index contributed by atoms with van der Waals surface area (Å²) in [5.74, 6) is -0.296. The van der Waals surface area contributed by atoms with Gasteiger partial charge >= 0.3 is 5.97 Å². The fourth-order valence-corrected chi connectivity index (χ4v) is 4.01. The van der Waals surface area contributed by atoms with E-state index in [0.29, 0.717) is 16.5 Å². The molecular formula is C17H12BrClO2S. The van der Waals surface area contributed by atoms with E-state index in [4.69, 9.17) is 16.3 Å². The van der Waals surface area contributed by atoms with Crippen LogP contribution in [0.1, 0.15) is 16.6 Å². The number of halogens is 2. The molecule has 112 valence electrons. The second-order valence-electron chi connectivity index (χ2n) is 4.68. The average Bonchev–Trinajstić information content (AvgIpc) is 2.86. The molecule has 1 aromatic heterocycles. The first-order valence-corrected chi connectivity index (χ1v) is 8.74. The van der Waals surface area contributed by atoms with Crippen LogP contribution in [0.15, 0.2) is 46.9 Å². The fourth-order valence-electron chi connectivity index (χ4n) is 2.34. The second kappa shape index (κ2) is 6.41. The van der Waals surface area contributed by atoms with Crippen LogP contribution in [0.25, 0.3) is 21.2 Å². The van der Waals surface area contributed by atoms with Gasteiger partial charge in [0.05, 0.1) is 6.61 Å². The van der Waals surface area contributed by atoms with E-state index in [-0.39, 0.29) is 5.97 Å². The molecule has 0 amide bonds. The van der Waals surface area contributed by atoms with Crippen molar-refractivity contribution in [3.05, 3.63) is 56.8 Å². The van der Waals surface area contributed by atoms with Crippen molar-refractivity contribution >= 4 is 54.9 Å². The Morgan fingerprint density at radius 3 is 2.82 bits per heavy atom. The molecule has 0 aliphatic carbocycles. The van der Waals surface area contributed by atoms with Gasteiger partial charge in [0.2, 0.25) is 0 Å². The standard InChI is InChI=1S/C17H12BrClO2S/c1-2-21-17(20)16-15(10-4-3-5-11(18)8-10)13-9-12(19)6-7-14(13)22-16/h3-9H,2H2,1H3. The third-order valence-corrected chi connectivity index (χ3v) is 5.10. The molecule has 0 aliphatic rings. The lowest BCUT2D eigenvalue weighted by Crippen LogP contribution is -2.03. The van der Waals surface area contributed by atoms with Crippen LogP contribution in [-0.2, 0) is 4.74 Å². The van der Waals surface area contributed by atoms with Gasteiger partial charge in [-0.15, -0.1) is 11.3 Å². The third kappa shape index (κ3) is 2.91. The summed E-state index contributed by atoms with van der Waals surface area (Å²) in [5, 5.41) is 1.62. The van der Waals surface area contributed by atoms with E-state index in [2.05, 4.69) is 15.9 Å². The van der Waals surface area contributed by atoms with Gasteiger partial charge in [-0.1, -0.05) is 39.7 Å². The van der Waals surface area contributed by atoms with Crippen LogP contribution in [0, 0.1) is 0 Å². The van der Waals surface area contributed by atoms with Crippen LogP contribution in [0.3, 0.4) is 0 Å². The Bertz CT molecular complexity index is 857. The average molecular weight is 396 g/mol. The van der Waals surface area contributed by atoms with Gasteiger partial charge in [0.15, 0.2) is 0 Å². The van der Waals surface area contributed by atoms with E-state index in [1.54, 1.807) is 6.92 Å². The number of rotatable bonds is 3. The van der Waals surface area contributed by atoms with E-state index in [1.165, 1.54) is 11.3 Å². The zero-order valence-corrected chi connectivity index (χ0v) is 14.9. The first-order valence-electron chi connectivity index (χ1n) is 6.75. The zero-order valence-electron chi connectivity index (χ0n) is 11.7. The molecule has 5 heteroatoms. The summed E-state index contributed by atoms with van der Waals surface area (Å²) in [6, 6.07) is 13.5. The van der Waals surface area contributed by atoms with Gasteiger partial charge in [0.25, 0.3) is 0 Å². The van der Waals surface area contributed by atoms with E-state index in [0.717, 1.165) is 25.7 Å². The molecule has 0 unspecified atom stereocenters. The van der Waals surface area contributed by atoms with Crippen LogP contribution in [-0.4, -0.2) is 12.6 Å². The molecule has 0 saturated carbocycles. The third-order valence-electron chi connectivity index (χ3n) is 3.22. The quantitative estimate of drug-likeness (QED) is 0.496. The number of thiophene rings is 1. The lowest BCUT2D eigenvalue weighted by Gasteiger charge is -2.06. The molecule has 0 bridgehead atoms. The second-order valence-corrected chi connectivity index (χ2v) is 7.08. The number of carbonyl (C=O) groups is 1. The predicted octanol–water partition coefficient (Wildman–Crippen LogP) is 6.16. The van der Waals surface area contributed by atoms with Crippen molar-refractivity contribution in [2.45, 2.75) is 6.92 Å². The predicted molar refractivity (Wildman–Crippen MR) is 95.9 cm³/mol. The Morgan fingerprint density at radius 1 is 1.27 bits per heavy atom. The minimum Gasteiger partial charge on any atom is -0.462 e. The molecule has 0 spiro atoms. The van der Waals surface area contributed by atoms with E-state index < -0.39 is 0 Å². The molecule has 2 aromatic carbocycles. The number of carbonyl (C=O) groups excluding carboxylic acids is 1. The van der Waals surface area contributed by atoms with Gasteiger partial charge in [-0.05, 0) is 42.8 Å². The van der Waals surface area contributed by atoms with Crippen molar-refractivity contribution in [3.8, 4) is 11.1 Å². The molecule has 0 atom stereocenters. The first kappa shape index (κ1) is 15.5. The summed E-state index contributed by atoms with van der Waals surface area (Å²) in [6.07, 6.45) is 0. The van der Waals surface area contributed by atoms with Crippen molar-refractivity contribution in [3.63, 3.8) is 0 Å². The lowest BCUT2D eigenvalue weighted by atomic mass is 10.0. The van der Waals surface area contributed by atoms with Crippen LogP contribution in [0.2, 0.25) is 5.02 Å². The van der Waals surface area contributed by atoms with Crippen molar-refractivity contribution < 1.29 is 9.53 Å². The van der Waals surface area contributed by atoms with Gasteiger partial charge in [-0.25, -0.2) is 4.79 Å². The van der Waals surface area contributed by atoms with Crippen LogP contribution < -0.4 is 0 Å². The molecule has 1 heterocycles. The number of fused-ring (bicyclic) bond motifs is 1. The van der Waals surface area contributed by atoms with Gasteiger partial charge in [0, 0.05) is 25.1 Å². The highest BCUT2D eigenvalue weighted by Crippen LogP contribution is 2.40. The Balaban J connectivity index is 2.30. The Labute approximate surface area is 145 Å². The summed E-state index contributed by atoms with van der Waals surface area (Å²) in [4.78, 5) is 12.9. The minimum atomic E-state index is -0.296. The van der Waals surface area contributed by atoms with E-state index in [9.17, 15) is 4.79 Å². The van der Waals surface area contributed by atoms with Crippen molar-refractivity contribution in [1.82, 2.24) is 0 Å². The highest BCUT2D eigenvalue weighted by molar-refractivity contribution is 9.10. The largest absolute Gasteiger partial charge is 0.462 e. The summed E-state index contributed by atoms with van der Waals surface area (Å²) >= 11 is 11.1. The zero-order chi connectivity index (χ0) is 15.7. The number of hydrogen-bond acceptors (Lipinski definition) is 3. The SMILES string of the molecule is CCOC(=O)c1sc2ccc(Cl)cc2c1-c1cccc(Br)c1. The Kier molecular flexibility index (Phi) is 4.52. The van der Waals surface area contributed by atoms with E-state index >= 15 is 0 Å². The molecule has 22 heavy (non-hydrogen) atoms. The number of hydrogen-bond donors (Lipinski definition) is 0. The lowest BCUT2D eigenvalue weighted by molar-refractivity contribution is 0.0533. The maximum Gasteiger partial charge on any atom is 0.348 e. The molecule has 2 nitrogen and oxygen atoms in total. The smallest absolute Gasteiger partial charge is 0.348 e. The number of benzene rings is 2. The van der Waals surface area contributed by atoms with Crippen LogP contribution in [0.4, 0.5) is 0 Å². The molecule has 0 saturated heterocycles. The minimum absolute atomic E-state index is 0.296. The summed E-state index contributed by atoms with van der Waals surface area (Å²) in [6.45, 7) is 2.16. The van der Waals surface area contributed by atoms with Crippen molar-refractivity contribution in [2.75, 3.05) is 6.61 Å². The van der Waals surface area contributed by atoms with Crippen LogP contribution in [0.5, 0.6) is 0 Å². The molecule has 0 N–H and O–H groups in total. The highest BCUT2D eigenvalue weighted by Gasteiger charge is 2.21. The maximum absolute atomic E-state index is 12.3. The summed E-state index contributed by atoms with van der Waals surface area (Å²) in [5.41, 5.74) is 1.84. The van der Waals surface area contributed by atoms with Crippen molar-refractivity contribution in [2.24, 2.45) is 0 Å². The van der Waals surface area contributed by atoms with Gasteiger partial charge in [-0.2, -0.15) is 0 Å². The van der Waals surface area contributed by atoms with Gasteiger partial charge in [-0.3, -0.25) is 0 Å². The van der Waals surface area contributed by atoms with Crippen molar-refractivity contribution in [1.29, 1.82) is 0 Å². The summed E-state index contributed by atoms with van der Waals surface area (Å²) < 4.78 is 7.18. The first-order chi connectivity index (χ1) is 10.6. The molecule has 3 aromatic rings. The Hall–Kier alpha value is -1.36.